The van der Waals surface area contributed by atoms with Gasteiger partial charge in [-0.2, -0.15) is 0 Å². The average Bonchev–Trinajstić information content (AvgIpc) is 2.65. The molecule has 0 spiro atoms. The molecular formula is C20H33ClN4O. The molecule has 1 saturated carbocycles. The summed E-state index contributed by atoms with van der Waals surface area (Å²) >= 11 is 0. The van der Waals surface area contributed by atoms with Gasteiger partial charge in [-0.3, -0.25) is 14.6 Å². The highest BCUT2D eigenvalue weighted by Gasteiger charge is 2.25. The van der Waals surface area contributed by atoms with Crippen LogP contribution in [0.5, 0.6) is 0 Å². The Balaban J connectivity index is 0.00000243. The number of anilines is 1. The largest absolute Gasteiger partial charge is 0.398 e. The Morgan fingerprint density at radius 3 is 2.35 bits per heavy atom. The van der Waals surface area contributed by atoms with Crippen molar-refractivity contribution in [3.63, 3.8) is 0 Å². The van der Waals surface area contributed by atoms with Gasteiger partial charge in [0.15, 0.2) is 0 Å². The number of rotatable bonds is 5. The number of likely N-dealkylation sites (N-methyl/N-ethyl adjacent to an activating group) is 1. The van der Waals surface area contributed by atoms with Gasteiger partial charge in [0.05, 0.1) is 6.54 Å². The Bertz CT molecular complexity index is 569. The minimum Gasteiger partial charge on any atom is -0.398 e. The Kier molecular flexibility index (Phi) is 8.19. The van der Waals surface area contributed by atoms with Crippen LogP contribution in [0.2, 0.25) is 0 Å². The van der Waals surface area contributed by atoms with Crippen molar-refractivity contribution in [2.75, 3.05) is 45.5 Å². The maximum absolute atomic E-state index is 12.6. The third kappa shape index (κ3) is 5.60. The predicted octanol–water partition coefficient (Wildman–Crippen LogP) is 2.60. The second-order valence-electron chi connectivity index (χ2n) is 7.55. The van der Waals surface area contributed by atoms with E-state index in [1.165, 1.54) is 37.7 Å². The van der Waals surface area contributed by atoms with E-state index in [4.69, 9.17) is 5.73 Å². The number of hydrogen-bond acceptors (Lipinski definition) is 4. The second kappa shape index (κ2) is 10.1. The summed E-state index contributed by atoms with van der Waals surface area (Å²) in [5.74, 6) is 0.285. The van der Waals surface area contributed by atoms with Crippen LogP contribution in [0.25, 0.3) is 0 Å². The summed E-state index contributed by atoms with van der Waals surface area (Å²) in [5.41, 5.74) is 8.12. The van der Waals surface area contributed by atoms with Crippen LogP contribution in [0.1, 0.15) is 37.7 Å². The van der Waals surface area contributed by atoms with Gasteiger partial charge in [0.25, 0.3) is 0 Å². The molecule has 1 aromatic carbocycles. The smallest absolute Gasteiger partial charge is 0.236 e. The first-order chi connectivity index (χ1) is 12.1. The van der Waals surface area contributed by atoms with Gasteiger partial charge in [0, 0.05) is 51.5 Å². The van der Waals surface area contributed by atoms with Crippen molar-refractivity contribution < 1.29 is 4.79 Å². The van der Waals surface area contributed by atoms with Crippen LogP contribution in [-0.4, -0.2) is 66.4 Å². The zero-order valence-corrected chi connectivity index (χ0v) is 16.7. The zero-order valence-electron chi connectivity index (χ0n) is 15.9. The first kappa shape index (κ1) is 21.0. The summed E-state index contributed by atoms with van der Waals surface area (Å²) in [4.78, 5) is 19.3. The number of amides is 1. The number of nitrogens with zero attached hydrogens (tertiary/aromatic N) is 3. The summed E-state index contributed by atoms with van der Waals surface area (Å²) < 4.78 is 0. The number of halogens is 1. The lowest BCUT2D eigenvalue weighted by atomic mass is 9.94. The number of piperazine rings is 1. The molecule has 0 aromatic heterocycles. The third-order valence-electron chi connectivity index (χ3n) is 5.79. The van der Waals surface area contributed by atoms with E-state index >= 15 is 0 Å². The lowest BCUT2D eigenvalue weighted by Crippen LogP contribution is -2.50. The molecule has 1 amide bonds. The zero-order chi connectivity index (χ0) is 17.6. The molecule has 2 aliphatic rings. The summed E-state index contributed by atoms with van der Waals surface area (Å²) in [6, 6.07) is 8.55. The van der Waals surface area contributed by atoms with E-state index in [2.05, 4.69) is 15.9 Å². The normalized spacial score (nSPS) is 19.7. The van der Waals surface area contributed by atoms with E-state index in [1.807, 2.05) is 30.1 Å². The van der Waals surface area contributed by atoms with Crippen LogP contribution in [-0.2, 0) is 11.3 Å². The number of para-hydroxylation sites is 1. The molecule has 3 rings (SSSR count). The van der Waals surface area contributed by atoms with Crippen molar-refractivity contribution in [2.45, 2.75) is 44.7 Å². The Morgan fingerprint density at radius 2 is 1.69 bits per heavy atom. The molecule has 1 heterocycles. The number of hydrogen-bond donors (Lipinski definition) is 1. The van der Waals surface area contributed by atoms with E-state index in [0.29, 0.717) is 12.6 Å². The van der Waals surface area contributed by atoms with E-state index in [-0.39, 0.29) is 18.3 Å². The van der Waals surface area contributed by atoms with E-state index in [9.17, 15) is 4.79 Å². The van der Waals surface area contributed by atoms with Gasteiger partial charge < -0.3 is 10.6 Å². The molecule has 6 heteroatoms. The van der Waals surface area contributed by atoms with Crippen LogP contribution in [0.15, 0.2) is 24.3 Å². The SMILES string of the molecule is CN(C(=O)CN1CCN(Cc2ccccc2N)CC1)C1CCCCC1.Cl. The molecule has 146 valence electrons. The van der Waals surface area contributed by atoms with Gasteiger partial charge in [-0.15, -0.1) is 12.4 Å². The number of nitrogen functional groups attached to an aromatic ring is 1. The minimum atomic E-state index is 0. The minimum absolute atomic E-state index is 0. The monoisotopic (exact) mass is 380 g/mol. The lowest BCUT2D eigenvalue weighted by Gasteiger charge is -2.37. The highest BCUT2D eigenvalue weighted by molar-refractivity contribution is 5.85. The van der Waals surface area contributed by atoms with Crippen molar-refractivity contribution in [3.8, 4) is 0 Å². The van der Waals surface area contributed by atoms with Crippen molar-refractivity contribution in [2.24, 2.45) is 0 Å². The van der Waals surface area contributed by atoms with Crippen LogP contribution in [0, 0.1) is 0 Å². The van der Waals surface area contributed by atoms with Gasteiger partial charge in [-0.25, -0.2) is 0 Å². The van der Waals surface area contributed by atoms with Gasteiger partial charge in [-0.1, -0.05) is 37.5 Å². The van der Waals surface area contributed by atoms with Gasteiger partial charge >= 0.3 is 0 Å². The third-order valence-corrected chi connectivity index (χ3v) is 5.79. The molecule has 0 bridgehead atoms. The molecule has 2 N–H and O–H groups in total. The molecule has 2 fully saturated rings. The molecule has 1 saturated heterocycles. The Morgan fingerprint density at radius 1 is 1.08 bits per heavy atom. The van der Waals surface area contributed by atoms with E-state index in [0.717, 1.165) is 38.4 Å². The predicted molar refractivity (Wildman–Crippen MR) is 109 cm³/mol. The number of carbonyl (C=O) groups excluding carboxylic acids is 1. The summed E-state index contributed by atoms with van der Waals surface area (Å²) in [7, 11) is 1.99. The number of carbonyl (C=O) groups is 1. The summed E-state index contributed by atoms with van der Waals surface area (Å²) in [5, 5.41) is 0. The lowest BCUT2D eigenvalue weighted by molar-refractivity contribution is -0.134. The standard InChI is InChI=1S/C20H32N4O.ClH/c1-22(18-8-3-2-4-9-18)20(25)16-24-13-11-23(12-14-24)15-17-7-5-6-10-19(17)21;/h5-7,10,18H,2-4,8-9,11-16,21H2,1H3;1H. The van der Waals surface area contributed by atoms with Gasteiger partial charge in [-0.05, 0) is 24.5 Å². The van der Waals surface area contributed by atoms with E-state index in [1.54, 1.807) is 0 Å². The van der Waals surface area contributed by atoms with Crippen LogP contribution < -0.4 is 5.73 Å². The van der Waals surface area contributed by atoms with Gasteiger partial charge in [0.1, 0.15) is 0 Å². The first-order valence-corrected chi connectivity index (χ1v) is 9.67. The fraction of sp³-hybridized carbons (Fsp3) is 0.650. The van der Waals surface area contributed by atoms with Crippen LogP contribution >= 0.6 is 12.4 Å². The molecule has 0 unspecified atom stereocenters. The second-order valence-corrected chi connectivity index (χ2v) is 7.55. The fourth-order valence-corrected chi connectivity index (χ4v) is 4.00. The summed E-state index contributed by atoms with van der Waals surface area (Å²) in [6.07, 6.45) is 6.21. The molecule has 0 radical (unpaired) electrons. The molecular weight excluding hydrogens is 348 g/mol. The summed E-state index contributed by atoms with van der Waals surface area (Å²) in [6.45, 7) is 5.36. The Hall–Kier alpha value is -1.30. The maximum atomic E-state index is 12.6. The van der Waals surface area contributed by atoms with Crippen molar-refractivity contribution in [3.05, 3.63) is 29.8 Å². The number of benzene rings is 1. The molecule has 1 aliphatic heterocycles. The highest BCUT2D eigenvalue weighted by atomic mass is 35.5. The van der Waals surface area contributed by atoms with Crippen LogP contribution in [0.3, 0.4) is 0 Å². The number of nitrogens with two attached hydrogens (primary N) is 1. The van der Waals surface area contributed by atoms with Crippen LogP contribution in [0.4, 0.5) is 5.69 Å². The first-order valence-electron chi connectivity index (χ1n) is 9.67. The molecule has 1 aliphatic carbocycles. The average molecular weight is 381 g/mol. The fourth-order valence-electron chi connectivity index (χ4n) is 4.00. The topological polar surface area (TPSA) is 52.8 Å². The molecule has 1 aromatic rings. The van der Waals surface area contributed by atoms with Crippen molar-refractivity contribution >= 4 is 24.0 Å². The molecule has 26 heavy (non-hydrogen) atoms. The quantitative estimate of drug-likeness (QED) is 0.798. The molecule has 0 atom stereocenters. The van der Waals surface area contributed by atoms with Crippen molar-refractivity contribution in [1.82, 2.24) is 14.7 Å². The van der Waals surface area contributed by atoms with Gasteiger partial charge in [0.2, 0.25) is 5.91 Å². The molecule has 5 nitrogen and oxygen atoms in total. The highest BCUT2D eigenvalue weighted by Crippen LogP contribution is 2.22. The van der Waals surface area contributed by atoms with Crippen molar-refractivity contribution in [1.29, 1.82) is 0 Å². The van der Waals surface area contributed by atoms with E-state index < -0.39 is 0 Å². The Labute approximate surface area is 163 Å². The maximum Gasteiger partial charge on any atom is 0.236 e.